The third-order valence-corrected chi connectivity index (χ3v) is 7.55. The van der Waals surface area contributed by atoms with Crippen molar-refractivity contribution in [3.8, 4) is 33.8 Å². The molecule has 1 fully saturated rings. The molecule has 0 amide bonds. The fraction of sp³-hybridized carbons (Fsp3) is 0.233. The molecule has 0 aromatic carbocycles. The van der Waals surface area contributed by atoms with Crippen LogP contribution in [0.5, 0.6) is 0 Å². The van der Waals surface area contributed by atoms with E-state index in [2.05, 4.69) is 53.6 Å². The van der Waals surface area contributed by atoms with Crippen LogP contribution < -0.4 is 5.32 Å². The van der Waals surface area contributed by atoms with Crippen LogP contribution in [0.1, 0.15) is 31.2 Å². The molecule has 3 N–H and O–H groups in total. The summed E-state index contributed by atoms with van der Waals surface area (Å²) in [5.41, 5.74) is 8.68. The lowest BCUT2D eigenvalue weighted by Gasteiger charge is -2.11. The van der Waals surface area contributed by atoms with Crippen molar-refractivity contribution < 1.29 is 0 Å². The van der Waals surface area contributed by atoms with Gasteiger partial charge in [-0.25, -0.2) is 4.98 Å². The van der Waals surface area contributed by atoms with Gasteiger partial charge in [-0.1, -0.05) is 12.8 Å². The van der Waals surface area contributed by atoms with Crippen LogP contribution in [0, 0.1) is 5.92 Å². The van der Waals surface area contributed by atoms with Gasteiger partial charge in [-0.15, -0.1) is 0 Å². The Bertz CT molecular complexity index is 1710. The van der Waals surface area contributed by atoms with Gasteiger partial charge in [0, 0.05) is 53.9 Å². The number of fused-ring (bicyclic) bond motifs is 2. The van der Waals surface area contributed by atoms with Gasteiger partial charge in [0.1, 0.15) is 11.3 Å². The first-order valence-electron chi connectivity index (χ1n) is 13.2. The second kappa shape index (κ2) is 9.79. The molecule has 6 aromatic rings. The summed E-state index contributed by atoms with van der Waals surface area (Å²) in [7, 11) is 0. The summed E-state index contributed by atoms with van der Waals surface area (Å²) < 4.78 is 0. The summed E-state index contributed by atoms with van der Waals surface area (Å²) in [6.07, 6.45) is 16.5. The Morgan fingerprint density at radius 3 is 2.63 bits per heavy atom. The van der Waals surface area contributed by atoms with E-state index in [1.807, 2.05) is 43.0 Å². The normalized spacial score (nSPS) is 14.1. The summed E-state index contributed by atoms with van der Waals surface area (Å²) >= 11 is 0. The third-order valence-electron chi connectivity index (χ3n) is 7.55. The van der Waals surface area contributed by atoms with E-state index in [-0.39, 0.29) is 0 Å². The summed E-state index contributed by atoms with van der Waals surface area (Å²) in [6.45, 7) is 1.90. The minimum Gasteiger partial charge on any atom is -0.338 e. The lowest BCUT2D eigenvalue weighted by atomic mass is 10.0. The Kier molecular flexibility index (Phi) is 5.86. The standard InChI is InChI=1S/C30H28N8/c1-2-4-19(3-1)14-32-15-20-11-22(17-33-16-20)26-13-25-28(18-35-26)37-38-29(25)27-12-24-23(7-10-34-30(24)36-27)21-5-8-31-9-6-21/h5-13,16-19,32H,1-4,14-15H2,(H,34,36)(H,37,38). The molecule has 0 aliphatic heterocycles. The minimum absolute atomic E-state index is 0.815. The molecule has 0 radical (unpaired) electrons. The highest BCUT2D eigenvalue weighted by molar-refractivity contribution is 6.00. The predicted octanol–water partition coefficient (Wildman–Crippen LogP) is 5.91. The van der Waals surface area contributed by atoms with Crippen LogP contribution in [0.25, 0.3) is 55.7 Å². The van der Waals surface area contributed by atoms with Crippen molar-refractivity contribution in [2.75, 3.05) is 6.54 Å². The number of nitrogens with zero attached hydrogens (tertiary/aromatic N) is 5. The van der Waals surface area contributed by atoms with Crippen molar-refractivity contribution in [1.29, 1.82) is 0 Å². The Morgan fingerprint density at radius 2 is 1.74 bits per heavy atom. The number of rotatable bonds is 7. The number of nitrogens with one attached hydrogen (secondary N) is 3. The maximum atomic E-state index is 4.70. The molecule has 0 unspecified atom stereocenters. The fourth-order valence-electron chi connectivity index (χ4n) is 5.58. The molecule has 0 spiro atoms. The summed E-state index contributed by atoms with van der Waals surface area (Å²) in [4.78, 5) is 21.4. The van der Waals surface area contributed by atoms with Crippen molar-refractivity contribution in [2.45, 2.75) is 32.2 Å². The van der Waals surface area contributed by atoms with Gasteiger partial charge in [0.25, 0.3) is 0 Å². The molecule has 6 aromatic heterocycles. The number of hydrogen-bond donors (Lipinski definition) is 3. The zero-order valence-electron chi connectivity index (χ0n) is 21.0. The monoisotopic (exact) mass is 500 g/mol. The Labute approximate surface area is 220 Å². The van der Waals surface area contributed by atoms with Crippen molar-refractivity contribution in [3.05, 3.63) is 79.1 Å². The highest BCUT2D eigenvalue weighted by Gasteiger charge is 2.16. The topological polar surface area (TPSA) is 108 Å². The first-order chi connectivity index (χ1) is 18.8. The molecule has 188 valence electrons. The molecule has 0 atom stereocenters. The quantitative estimate of drug-likeness (QED) is 0.252. The zero-order valence-corrected chi connectivity index (χ0v) is 21.0. The molecule has 1 aliphatic carbocycles. The Morgan fingerprint density at radius 1 is 0.842 bits per heavy atom. The van der Waals surface area contributed by atoms with Gasteiger partial charge in [-0.3, -0.25) is 20.1 Å². The first kappa shape index (κ1) is 22.7. The Balaban J connectivity index is 1.20. The van der Waals surface area contributed by atoms with Gasteiger partial charge in [-0.2, -0.15) is 5.10 Å². The van der Waals surface area contributed by atoms with Crippen LogP contribution in [0.2, 0.25) is 0 Å². The Hall–Kier alpha value is -4.43. The second-order valence-electron chi connectivity index (χ2n) is 10.1. The average Bonchev–Trinajstić information content (AvgIpc) is 3.73. The van der Waals surface area contributed by atoms with Crippen LogP contribution in [0.15, 0.2) is 73.6 Å². The lowest BCUT2D eigenvalue weighted by molar-refractivity contribution is 0.489. The van der Waals surface area contributed by atoms with Gasteiger partial charge in [0.2, 0.25) is 0 Å². The maximum Gasteiger partial charge on any atom is 0.138 e. The van der Waals surface area contributed by atoms with Crippen molar-refractivity contribution >= 4 is 21.9 Å². The van der Waals surface area contributed by atoms with Gasteiger partial charge in [0.05, 0.1) is 23.1 Å². The predicted molar refractivity (Wildman–Crippen MR) is 149 cm³/mol. The highest BCUT2D eigenvalue weighted by Crippen LogP contribution is 2.34. The van der Waals surface area contributed by atoms with Crippen LogP contribution in [-0.2, 0) is 6.54 Å². The maximum absolute atomic E-state index is 4.70. The smallest absolute Gasteiger partial charge is 0.138 e. The van der Waals surface area contributed by atoms with E-state index >= 15 is 0 Å². The SMILES string of the molecule is c1cc(-c2ccnc3[nH]c(-c4n[nH]c5cnc(-c6cncc(CNCC7CCCC7)c6)cc45)cc23)ccn1. The lowest BCUT2D eigenvalue weighted by Crippen LogP contribution is -2.20. The highest BCUT2D eigenvalue weighted by atomic mass is 15.1. The molecule has 6 heterocycles. The van der Waals surface area contributed by atoms with Crippen LogP contribution in [0.3, 0.4) is 0 Å². The minimum atomic E-state index is 0.815. The van der Waals surface area contributed by atoms with Gasteiger partial charge >= 0.3 is 0 Å². The van der Waals surface area contributed by atoms with Gasteiger partial charge < -0.3 is 10.3 Å². The molecule has 1 aliphatic rings. The largest absolute Gasteiger partial charge is 0.338 e. The van der Waals surface area contributed by atoms with Crippen molar-refractivity contribution in [3.63, 3.8) is 0 Å². The van der Waals surface area contributed by atoms with Crippen LogP contribution >= 0.6 is 0 Å². The molecule has 8 nitrogen and oxygen atoms in total. The fourth-order valence-corrected chi connectivity index (χ4v) is 5.58. The van der Waals surface area contributed by atoms with Crippen molar-refractivity contribution in [2.24, 2.45) is 5.92 Å². The summed E-state index contributed by atoms with van der Waals surface area (Å²) in [6, 6.07) is 12.4. The van der Waals surface area contributed by atoms with E-state index in [0.29, 0.717) is 0 Å². The molecular weight excluding hydrogens is 472 g/mol. The van der Waals surface area contributed by atoms with E-state index in [9.17, 15) is 0 Å². The molecular formula is C30H28N8. The van der Waals surface area contributed by atoms with Gasteiger partial charge in [0.15, 0.2) is 0 Å². The van der Waals surface area contributed by atoms with E-state index in [1.54, 1.807) is 12.4 Å². The number of hydrogen-bond acceptors (Lipinski definition) is 6. The first-order valence-corrected chi connectivity index (χ1v) is 13.2. The summed E-state index contributed by atoms with van der Waals surface area (Å²) in [5, 5.41) is 13.4. The molecule has 1 saturated carbocycles. The number of pyridine rings is 4. The number of aromatic nitrogens is 7. The van der Waals surface area contributed by atoms with E-state index in [4.69, 9.17) is 4.98 Å². The van der Waals surface area contributed by atoms with Crippen molar-refractivity contribution in [1.82, 2.24) is 40.4 Å². The third kappa shape index (κ3) is 4.33. The molecule has 0 bridgehead atoms. The average molecular weight is 501 g/mol. The summed E-state index contributed by atoms with van der Waals surface area (Å²) in [5.74, 6) is 0.815. The zero-order chi connectivity index (χ0) is 25.3. The van der Waals surface area contributed by atoms with E-state index in [0.717, 1.165) is 74.7 Å². The number of H-pyrrole nitrogens is 2. The molecule has 38 heavy (non-hydrogen) atoms. The molecule has 7 rings (SSSR count). The molecule has 0 saturated heterocycles. The molecule has 8 heteroatoms. The van der Waals surface area contributed by atoms with Gasteiger partial charge in [-0.05, 0) is 78.4 Å². The van der Waals surface area contributed by atoms with Crippen LogP contribution in [0.4, 0.5) is 0 Å². The second-order valence-corrected chi connectivity index (χ2v) is 10.1. The number of aromatic amines is 2. The van der Waals surface area contributed by atoms with Crippen LogP contribution in [-0.4, -0.2) is 41.7 Å². The van der Waals surface area contributed by atoms with E-state index in [1.165, 1.54) is 31.2 Å². The van der Waals surface area contributed by atoms with E-state index < -0.39 is 0 Å².